The molecule has 1 aromatic carbocycles. The molecule has 4 heteroatoms. The summed E-state index contributed by atoms with van der Waals surface area (Å²) in [5.74, 6) is 1.67. The molecule has 6 atom stereocenters. The Balaban J connectivity index is 1.44. The molecule has 1 aromatic rings. The number of piperidine rings is 2. The van der Waals surface area contributed by atoms with Crippen LogP contribution in [0.4, 0.5) is 5.69 Å². The molecular formula is C25H39N3O. The molecule has 0 spiro atoms. The zero-order valence-electron chi connectivity index (χ0n) is 18.3. The van der Waals surface area contributed by atoms with Gasteiger partial charge in [-0.3, -0.25) is 9.69 Å². The van der Waals surface area contributed by atoms with Crippen molar-refractivity contribution in [2.45, 2.75) is 102 Å². The van der Waals surface area contributed by atoms with E-state index < -0.39 is 0 Å². The highest BCUT2D eigenvalue weighted by Gasteiger charge is 2.42. The van der Waals surface area contributed by atoms with Crippen LogP contribution in [0.25, 0.3) is 0 Å². The van der Waals surface area contributed by atoms with E-state index >= 15 is 0 Å². The number of nitrogens with two attached hydrogens (primary N) is 1. The average molecular weight is 398 g/mol. The summed E-state index contributed by atoms with van der Waals surface area (Å²) in [6.45, 7) is 4.91. The lowest BCUT2D eigenvalue weighted by molar-refractivity contribution is -0.0266. The highest BCUT2D eigenvalue weighted by molar-refractivity contribution is 5.99. The number of carbonyl (C=O) groups excluding carboxylic acids is 1. The Kier molecular flexibility index (Phi) is 6.48. The number of rotatable bonds is 3. The fraction of sp³-hybridized carbons (Fsp3) is 0.720. The molecule has 4 nitrogen and oxygen atoms in total. The summed E-state index contributed by atoms with van der Waals surface area (Å²) < 4.78 is 0. The first kappa shape index (κ1) is 20.7. The maximum absolute atomic E-state index is 12.8. The lowest BCUT2D eigenvalue weighted by Crippen LogP contribution is -2.60. The summed E-state index contributed by atoms with van der Waals surface area (Å²) in [7, 11) is 0. The van der Waals surface area contributed by atoms with E-state index in [0.29, 0.717) is 23.3 Å². The standard InChI is InChI=1S/C25H39N3O/c1-17-7-5-8-18(2)14-22(13-17)28-20-9-6-10-21(28)16-19(15-20)27-25(29)23-11-3-4-12-24(23)26/h3-4,11-12,17-22H,5-10,13-16,26H2,1-2H3,(H,27,29)/t17-,18+,19-,20+,21-,22-. The number of anilines is 1. The van der Waals surface area contributed by atoms with E-state index in [1.165, 1.54) is 51.4 Å². The van der Waals surface area contributed by atoms with Gasteiger partial charge in [0.15, 0.2) is 0 Å². The number of nitrogens with one attached hydrogen (secondary N) is 1. The van der Waals surface area contributed by atoms with Crippen LogP contribution in [-0.2, 0) is 0 Å². The maximum atomic E-state index is 12.8. The number of amides is 1. The van der Waals surface area contributed by atoms with E-state index in [0.717, 1.165) is 30.7 Å². The third-order valence-corrected chi connectivity index (χ3v) is 7.74. The molecule has 4 rings (SSSR count). The zero-order valence-corrected chi connectivity index (χ0v) is 18.3. The molecule has 0 radical (unpaired) electrons. The van der Waals surface area contributed by atoms with Gasteiger partial charge in [-0.1, -0.05) is 51.7 Å². The molecule has 160 valence electrons. The van der Waals surface area contributed by atoms with Crippen molar-refractivity contribution in [1.29, 1.82) is 0 Å². The van der Waals surface area contributed by atoms with Gasteiger partial charge in [0.1, 0.15) is 0 Å². The monoisotopic (exact) mass is 397 g/mol. The Labute approximate surface area is 176 Å². The van der Waals surface area contributed by atoms with Gasteiger partial charge in [0.05, 0.1) is 5.56 Å². The first-order valence-electron chi connectivity index (χ1n) is 11.9. The van der Waals surface area contributed by atoms with Crippen LogP contribution in [0.1, 0.15) is 88.4 Å². The molecule has 2 bridgehead atoms. The number of benzene rings is 1. The second-order valence-corrected chi connectivity index (χ2v) is 10.2. The molecule has 3 aliphatic rings. The van der Waals surface area contributed by atoms with Crippen LogP contribution in [-0.4, -0.2) is 35.0 Å². The summed E-state index contributed by atoms with van der Waals surface area (Å²) in [6, 6.07) is 9.68. The zero-order chi connectivity index (χ0) is 20.4. The van der Waals surface area contributed by atoms with Crippen molar-refractivity contribution in [3.05, 3.63) is 29.8 Å². The van der Waals surface area contributed by atoms with E-state index in [2.05, 4.69) is 24.1 Å². The number of hydrogen-bond donors (Lipinski definition) is 2. The average Bonchev–Trinajstić information content (AvgIpc) is 2.65. The summed E-state index contributed by atoms with van der Waals surface area (Å²) in [6.07, 6.45) is 13.0. The second kappa shape index (κ2) is 9.07. The molecule has 1 saturated carbocycles. The maximum Gasteiger partial charge on any atom is 0.253 e. The van der Waals surface area contributed by atoms with E-state index in [9.17, 15) is 4.79 Å². The van der Waals surface area contributed by atoms with Crippen LogP contribution < -0.4 is 11.1 Å². The molecule has 2 saturated heterocycles. The Morgan fingerprint density at radius 3 is 2.10 bits per heavy atom. The summed E-state index contributed by atoms with van der Waals surface area (Å²) >= 11 is 0. The predicted molar refractivity (Wildman–Crippen MR) is 120 cm³/mol. The van der Waals surface area contributed by atoms with Crippen LogP contribution in [0, 0.1) is 11.8 Å². The molecular weight excluding hydrogens is 358 g/mol. The molecule has 1 amide bonds. The molecule has 29 heavy (non-hydrogen) atoms. The number of nitrogen functional groups attached to an aromatic ring is 1. The predicted octanol–water partition coefficient (Wildman–Crippen LogP) is 4.99. The number of carbonyl (C=O) groups is 1. The van der Waals surface area contributed by atoms with Crippen molar-refractivity contribution in [2.24, 2.45) is 11.8 Å². The van der Waals surface area contributed by atoms with E-state index in [1.54, 1.807) is 0 Å². The molecule has 1 aliphatic carbocycles. The molecule has 2 heterocycles. The van der Waals surface area contributed by atoms with Gasteiger partial charge < -0.3 is 11.1 Å². The smallest absolute Gasteiger partial charge is 0.253 e. The Hall–Kier alpha value is -1.55. The van der Waals surface area contributed by atoms with Crippen molar-refractivity contribution in [3.8, 4) is 0 Å². The van der Waals surface area contributed by atoms with Crippen LogP contribution in [0.2, 0.25) is 0 Å². The third kappa shape index (κ3) is 4.79. The highest BCUT2D eigenvalue weighted by Crippen LogP contribution is 2.40. The normalized spacial score (nSPS) is 36.1. The van der Waals surface area contributed by atoms with Gasteiger partial charge in [0.25, 0.3) is 5.91 Å². The molecule has 2 aliphatic heterocycles. The Morgan fingerprint density at radius 2 is 1.48 bits per heavy atom. The second-order valence-electron chi connectivity index (χ2n) is 10.2. The van der Waals surface area contributed by atoms with Crippen LogP contribution >= 0.6 is 0 Å². The van der Waals surface area contributed by atoms with Gasteiger partial charge >= 0.3 is 0 Å². The third-order valence-electron chi connectivity index (χ3n) is 7.74. The first-order valence-corrected chi connectivity index (χ1v) is 11.9. The number of hydrogen-bond acceptors (Lipinski definition) is 3. The van der Waals surface area contributed by atoms with E-state index in [4.69, 9.17) is 5.73 Å². The minimum absolute atomic E-state index is 0.00665. The lowest BCUT2D eigenvalue weighted by Gasteiger charge is -2.53. The van der Waals surface area contributed by atoms with Gasteiger partial charge in [-0.05, 0) is 62.5 Å². The van der Waals surface area contributed by atoms with Crippen molar-refractivity contribution < 1.29 is 4.79 Å². The molecule has 0 unspecified atom stereocenters. The number of fused-ring (bicyclic) bond motifs is 2. The Bertz CT molecular complexity index is 679. The Morgan fingerprint density at radius 1 is 0.897 bits per heavy atom. The quantitative estimate of drug-likeness (QED) is 0.707. The van der Waals surface area contributed by atoms with Crippen LogP contribution in [0.3, 0.4) is 0 Å². The fourth-order valence-electron chi connectivity index (χ4n) is 6.42. The highest BCUT2D eigenvalue weighted by atomic mass is 16.1. The summed E-state index contributed by atoms with van der Waals surface area (Å²) in [5, 5.41) is 3.32. The van der Waals surface area contributed by atoms with Gasteiger partial charge in [0, 0.05) is 29.9 Å². The fourth-order valence-corrected chi connectivity index (χ4v) is 6.42. The van der Waals surface area contributed by atoms with E-state index in [1.807, 2.05) is 24.3 Å². The van der Waals surface area contributed by atoms with Crippen molar-refractivity contribution in [3.63, 3.8) is 0 Å². The van der Waals surface area contributed by atoms with Crippen molar-refractivity contribution in [1.82, 2.24) is 10.2 Å². The van der Waals surface area contributed by atoms with Crippen molar-refractivity contribution in [2.75, 3.05) is 5.73 Å². The van der Waals surface area contributed by atoms with Gasteiger partial charge in [0.2, 0.25) is 0 Å². The van der Waals surface area contributed by atoms with Gasteiger partial charge in [-0.15, -0.1) is 0 Å². The SMILES string of the molecule is C[C@@H]1CCC[C@H](C)C[C@H](N2[C@@H]3CCC[C@H]2C[C@@H](NC(=O)c2ccccc2N)C3)C1. The molecule has 3 N–H and O–H groups in total. The first-order chi connectivity index (χ1) is 14.0. The van der Waals surface area contributed by atoms with Gasteiger partial charge in [-0.25, -0.2) is 0 Å². The molecule has 3 fully saturated rings. The van der Waals surface area contributed by atoms with Crippen LogP contribution in [0.5, 0.6) is 0 Å². The lowest BCUT2D eigenvalue weighted by atomic mass is 9.76. The largest absolute Gasteiger partial charge is 0.398 e. The summed E-state index contributed by atoms with van der Waals surface area (Å²) in [5.41, 5.74) is 7.21. The van der Waals surface area contributed by atoms with E-state index in [-0.39, 0.29) is 11.9 Å². The topological polar surface area (TPSA) is 58.4 Å². The van der Waals surface area contributed by atoms with Crippen molar-refractivity contribution >= 4 is 11.6 Å². The van der Waals surface area contributed by atoms with Crippen LogP contribution in [0.15, 0.2) is 24.3 Å². The number of nitrogens with zero attached hydrogens (tertiary/aromatic N) is 1. The minimum atomic E-state index is -0.00665. The molecule has 0 aromatic heterocycles. The minimum Gasteiger partial charge on any atom is -0.398 e. The van der Waals surface area contributed by atoms with Gasteiger partial charge in [-0.2, -0.15) is 0 Å². The number of para-hydroxylation sites is 1. The summed E-state index contributed by atoms with van der Waals surface area (Å²) in [4.78, 5) is 15.7.